The van der Waals surface area contributed by atoms with Crippen molar-refractivity contribution in [3.63, 3.8) is 0 Å². The van der Waals surface area contributed by atoms with Gasteiger partial charge in [0.25, 0.3) is 0 Å². The Morgan fingerprint density at radius 1 is 1.19 bits per heavy atom. The average Bonchev–Trinajstić information content (AvgIpc) is 2.45. The van der Waals surface area contributed by atoms with Gasteiger partial charge in [0.05, 0.1) is 16.3 Å². The minimum absolute atomic E-state index is 0.0590. The number of carbonyl (C=O) groups is 1. The number of anilines is 1. The Bertz CT molecular complexity index is 491. The van der Waals surface area contributed by atoms with E-state index in [9.17, 15) is 4.79 Å². The highest BCUT2D eigenvalue weighted by atomic mass is 35.5. The van der Waals surface area contributed by atoms with E-state index in [1.165, 1.54) is 0 Å². The van der Waals surface area contributed by atoms with E-state index in [4.69, 9.17) is 16.3 Å². The fraction of sp³-hybridized carbons (Fsp3) is 0.562. The van der Waals surface area contributed by atoms with Gasteiger partial charge in [0.15, 0.2) is 0 Å². The highest BCUT2D eigenvalue weighted by Crippen LogP contribution is 2.26. The molecule has 0 radical (unpaired) electrons. The maximum Gasteiger partial charge on any atom is 0.248 e. The zero-order chi connectivity index (χ0) is 15.5. The maximum absolute atomic E-state index is 12.1. The van der Waals surface area contributed by atoms with Gasteiger partial charge in [-0.15, -0.1) is 0 Å². The van der Waals surface area contributed by atoms with Crippen LogP contribution in [0.5, 0.6) is 0 Å². The van der Waals surface area contributed by atoms with E-state index in [1.54, 1.807) is 0 Å². The van der Waals surface area contributed by atoms with Crippen LogP contribution in [0, 0.1) is 0 Å². The van der Waals surface area contributed by atoms with Gasteiger partial charge in [0.1, 0.15) is 6.61 Å². The second kappa shape index (κ2) is 6.67. The number of ether oxygens (including phenoxy) is 1. The Labute approximate surface area is 131 Å². The highest BCUT2D eigenvalue weighted by Gasteiger charge is 2.23. The molecule has 1 aromatic carbocycles. The molecule has 1 aromatic rings. The molecule has 0 bridgehead atoms. The summed E-state index contributed by atoms with van der Waals surface area (Å²) in [6, 6.07) is 7.82. The average molecular weight is 311 g/mol. The molecule has 1 fully saturated rings. The number of piperazine rings is 1. The first kappa shape index (κ1) is 16.1. The Hall–Kier alpha value is -1.26. The van der Waals surface area contributed by atoms with Gasteiger partial charge >= 0.3 is 0 Å². The molecule has 116 valence electrons. The number of hydrogen-bond donors (Lipinski definition) is 0. The van der Waals surface area contributed by atoms with E-state index < -0.39 is 0 Å². The molecule has 1 heterocycles. The summed E-state index contributed by atoms with van der Waals surface area (Å²) >= 11 is 6.21. The molecule has 0 spiro atoms. The van der Waals surface area contributed by atoms with Gasteiger partial charge in [0, 0.05) is 26.2 Å². The molecule has 0 saturated carbocycles. The third-order valence-corrected chi connectivity index (χ3v) is 3.77. The molecule has 21 heavy (non-hydrogen) atoms. The van der Waals surface area contributed by atoms with E-state index in [0.717, 1.165) is 23.8 Å². The van der Waals surface area contributed by atoms with Gasteiger partial charge in [-0.25, -0.2) is 0 Å². The second-order valence-corrected chi connectivity index (χ2v) is 6.63. The molecule has 0 aliphatic carbocycles. The molecule has 1 aliphatic heterocycles. The summed E-state index contributed by atoms with van der Waals surface area (Å²) in [5.41, 5.74) is 0.756. The van der Waals surface area contributed by atoms with Crippen LogP contribution in [-0.4, -0.2) is 49.2 Å². The van der Waals surface area contributed by atoms with Crippen LogP contribution in [0.1, 0.15) is 20.8 Å². The van der Waals surface area contributed by atoms with Crippen molar-refractivity contribution in [2.24, 2.45) is 0 Å². The van der Waals surface area contributed by atoms with Gasteiger partial charge in [-0.3, -0.25) is 4.79 Å². The number of amides is 1. The van der Waals surface area contributed by atoms with Gasteiger partial charge in [0.2, 0.25) is 5.91 Å². The number of nitrogens with zero attached hydrogens (tertiary/aromatic N) is 2. The lowest BCUT2D eigenvalue weighted by Gasteiger charge is -2.36. The van der Waals surface area contributed by atoms with Crippen molar-refractivity contribution in [3.8, 4) is 0 Å². The Kier molecular flexibility index (Phi) is 5.12. The normalized spacial score (nSPS) is 16.2. The number of rotatable bonds is 3. The lowest BCUT2D eigenvalue weighted by molar-refractivity contribution is -0.141. The summed E-state index contributed by atoms with van der Waals surface area (Å²) in [5.74, 6) is 0.0590. The molecule has 0 unspecified atom stereocenters. The second-order valence-electron chi connectivity index (χ2n) is 6.22. The highest BCUT2D eigenvalue weighted by molar-refractivity contribution is 6.33. The lowest BCUT2D eigenvalue weighted by Crippen LogP contribution is -2.50. The summed E-state index contributed by atoms with van der Waals surface area (Å²) in [5, 5.41) is 0.758. The van der Waals surface area contributed by atoms with Crippen molar-refractivity contribution >= 4 is 23.2 Å². The van der Waals surface area contributed by atoms with Crippen molar-refractivity contribution in [1.29, 1.82) is 0 Å². The van der Waals surface area contributed by atoms with E-state index >= 15 is 0 Å². The van der Waals surface area contributed by atoms with E-state index in [-0.39, 0.29) is 18.1 Å². The van der Waals surface area contributed by atoms with Gasteiger partial charge in [-0.2, -0.15) is 0 Å². The van der Waals surface area contributed by atoms with Crippen molar-refractivity contribution in [2.45, 2.75) is 26.4 Å². The van der Waals surface area contributed by atoms with Crippen LogP contribution < -0.4 is 4.90 Å². The largest absolute Gasteiger partial charge is 0.367 e. The van der Waals surface area contributed by atoms with Crippen LogP contribution in [-0.2, 0) is 9.53 Å². The predicted molar refractivity (Wildman–Crippen MR) is 86.0 cm³/mol. The number of carbonyl (C=O) groups excluding carboxylic acids is 1. The Balaban J connectivity index is 1.86. The molecule has 0 aromatic heterocycles. The first-order chi connectivity index (χ1) is 9.87. The number of hydrogen-bond acceptors (Lipinski definition) is 3. The minimum atomic E-state index is -0.283. The van der Waals surface area contributed by atoms with Crippen LogP contribution in [0.15, 0.2) is 24.3 Å². The van der Waals surface area contributed by atoms with Gasteiger partial charge in [-0.05, 0) is 32.9 Å². The fourth-order valence-electron chi connectivity index (χ4n) is 2.27. The molecular formula is C16H23ClN2O2. The van der Waals surface area contributed by atoms with Crippen LogP contribution >= 0.6 is 11.6 Å². The zero-order valence-electron chi connectivity index (χ0n) is 12.9. The summed E-state index contributed by atoms with van der Waals surface area (Å²) in [6.45, 7) is 9.02. The Morgan fingerprint density at radius 2 is 1.81 bits per heavy atom. The van der Waals surface area contributed by atoms with Crippen molar-refractivity contribution in [2.75, 3.05) is 37.7 Å². The zero-order valence-corrected chi connectivity index (χ0v) is 13.7. The third kappa shape index (κ3) is 4.61. The molecule has 0 N–H and O–H groups in total. The standard InChI is InChI=1S/C16H23ClN2O2/c1-16(2,3)21-12-15(20)19-10-8-18(9-11-19)14-7-5-4-6-13(14)17/h4-7H,8-12H2,1-3H3. The summed E-state index contributed by atoms with van der Waals surface area (Å²) < 4.78 is 5.55. The minimum Gasteiger partial charge on any atom is -0.367 e. The van der Waals surface area contributed by atoms with Crippen molar-refractivity contribution in [3.05, 3.63) is 29.3 Å². The fourth-order valence-corrected chi connectivity index (χ4v) is 2.53. The summed E-state index contributed by atoms with van der Waals surface area (Å²) in [6.07, 6.45) is 0. The van der Waals surface area contributed by atoms with Gasteiger partial charge < -0.3 is 14.5 Å². The first-order valence-electron chi connectivity index (χ1n) is 7.28. The van der Waals surface area contributed by atoms with E-state index in [0.29, 0.717) is 13.1 Å². The molecule has 0 atom stereocenters. The maximum atomic E-state index is 12.1. The van der Waals surface area contributed by atoms with Crippen LogP contribution in [0.25, 0.3) is 0 Å². The lowest BCUT2D eigenvalue weighted by atomic mass is 10.2. The van der Waals surface area contributed by atoms with E-state index in [2.05, 4.69) is 4.90 Å². The quantitative estimate of drug-likeness (QED) is 0.860. The predicted octanol–water partition coefficient (Wildman–Crippen LogP) is 2.80. The molecule has 1 saturated heterocycles. The Morgan fingerprint density at radius 3 is 2.38 bits per heavy atom. The molecule has 2 rings (SSSR count). The van der Waals surface area contributed by atoms with E-state index in [1.807, 2.05) is 49.9 Å². The van der Waals surface area contributed by atoms with Crippen LogP contribution in [0.3, 0.4) is 0 Å². The van der Waals surface area contributed by atoms with Crippen molar-refractivity contribution in [1.82, 2.24) is 4.90 Å². The summed E-state index contributed by atoms with van der Waals surface area (Å²) in [7, 11) is 0. The first-order valence-corrected chi connectivity index (χ1v) is 7.66. The molecule has 4 nitrogen and oxygen atoms in total. The monoisotopic (exact) mass is 310 g/mol. The van der Waals surface area contributed by atoms with Crippen LogP contribution in [0.4, 0.5) is 5.69 Å². The molecular weight excluding hydrogens is 288 g/mol. The van der Waals surface area contributed by atoms with Gasteiger partial charge in [-0.1, -0.05) is 23.7 Å². The number of para-hydroxylation sites is 1. The third-order valence-electron chi connectivity index (χ3n) is 3.45. The smallest absolute Gasteiger partial charge is 0.248 e. The van der Waals surface area contributed by atoms with Crippen LogP contribution in [0.2, 0.25) is 5.02 Å². The molecule has 5 heteroatoms. The molecule has 1 amide bonds. The summed E-state index contributed by atoms with van der Waals surface area (Å²) in [4.78, 5) is 16.2. The SMILES string of the molecule is CC(C)(C)OCC(=O)N1CCN(c2ccccc2Cl)CC1. The number of halogens is 1. The van der Waals surface area contributed by atoms with Crippen molar-refractivity contribution < 1.29 is 9.53 Å². The topological polar surface area (TPSA) is 32.8 Å². The number of benzene rings is 1. The molecule has 1 aliphatic rings.